The highest BCUT2D eigenvalue weighted by molar-refractivity contribution is 5.81. The van der Waals surface area contributed by atoms with E-state index in [0.717, 1.165) is 6.42 Å². The molecule has 0 bridgehead atoms. The Morgan fingerprint density at radius 1 is 1.13 bits per heavy atom. The van der Waals surface area contributed by atoms with E-state index in [9.17, 15) is 4.79 Å². The molecule has 2 aromatic carbocycles. The van der Waals surface area contributed by atoms with Gasteiger partial charge in [-0.1, -0.05) is 13.3 Å². The first kappa shape index (κ1) is 23.0. The largest absolute Gasteiger partial charge is 0.494 e. The highest BCUT2D eigenvalue weighted by atomic mass is 19.1. The monoisotopic (exact) mass is 414 g/mol. The fraction of sp³-hybridized carbons (Fsp3) is 0.391. The number of benzene rings is 2. The van der Waals surface area contributed by atoms with Crippen LogP contribution in [0.25, 0.3) is 0 Å². The van der Waals surface area contributed by atoms with Gasteiger partial charge in [0.25, 0.3) is 0 Å². The van der Waals surface area contributed by atoms with E-state index < -0.39 is 17.8 Å². The summed E-state index contributed by atoms with van der Waals surface area (Å²) in [5.41, 5.74) is 1.09. The molecule has 7 heteroatoms. The van der Waals surface area contributed by atoms with Crippen molar-refractivity contribution >= 4 is 11.7 Å². The van der Waals surface area contributed by atoms with Gasteiger partial charge in [-0.05, 0) is 50.6 Å². The van der Waals surface area contributed by atoms with Crippen LogP contribution < -0.4 is 14.8 Å². The minimum atomic E-state index is -1.12. The summed E-state index contributed by atoms with van der Waals surface area (Å²) < 4.78 is 31.5. The molecule has 0 aliphatic heterocycles. The van der Waals surface area contributed by atoms with Gasteiger partial charge in [-0.25, -0.2) is 9.18 Å². The van der Waals surface area contributed by atoms with Crippen LogP contribution in [0.1, 0.15) is 50.8 Å². The van der Waals surface area contributed by atoms with Crippen LogP contribution in [-0.4, -0.2) is 25.8 Å². The molecule has 0 radical (unpaired) electrons. The molecule has 6 nitrogen and oxygen atoms in total. The maximum absolute atomic E-state index is 15.2. The first-order valence-electron chi connectivity index (χ1n) is 10.1. The Morgan fingerprint density at radius 3 is 2.43 bits per heavy atom. The van der Waals surface area contributed by atoms with Crippen molar-refractivity contribution in [3.63, 3.8) is 0 Å². The number of halogens is 1. The molecular weight excluding hydrogens is 387 g/mol. The molecule has 0 aliphatic rings. The predicted molar refractivity (Wildman–Crippen MR) is 112 cm³/mol. The number of rotatable bonds is 11. The fourth-order valence-electron chi connectivity index (χ4n) is 2.79. The van der Waals surface area contributed by atoms with Crippen molar-refractivity contribution in [2.75, 3.05) is 25.1 Å². The molecule has 1 atom stereocenters. The molecule has 0 amide bonds. The summed E-state index contributed by atoms with van der Waals surface area (Å²) >= 11 is 0. The molecule has 0 spiro atoms. The molecule has 0 saturated carbocycles. The van der Waals surface area contributed by atoms with Gasteiger partial charge in [0, 0.05) is 17.3 Å². The lowest BCUT2D eigenvalue weighted by atomic mass is 10.0. The van der Waals surface area contributed by atoms with E-state index in [4.69, 9.17) is 19.5 Å². The zero-order chi connectivity index (χ0) is 21.9. The second-order valence-corrected chi connectivity index (χ2v) is 6.48. The van der Waals surface area contributed by atoms with Crippen LogP contribution in [0, 0.1) is 17.1 Å². The zero-order valence-electron chi connectivity index (χ0n) is 17.5. The third-order valence-electron chi connectivity index (χ3n) is 4.27. The van der Waals surface area contributed by atoms with Crippen molar-refractivity contribution in [3.05, 3.63) is 53.3 Å². The number of nitrogens with one attached hydrogen (secondary N) is 1. The van der Waals surface area contributed by atoms with Crippen LogP contribution in [0.2, 0.25) is 0 Å². The summed E-state index contributed by atoms with van der Waals surface area (Å²) in [5.74, 6) is -0.863. The second-order valence-electron chi connectivity index (χ2n) is 6.48. The Hall–Kier alpha value is -3.27. The van der Waals surface area contributed by atoms with Gasteiger partial charge in [0.05, 0.1) is 31.5 Å². The van der Waals surface area contributed by atoms with Crippen LogP contribution in [0.15, 0.2) is 36.4 Å². The molecule has 2 rings (SSSR count). The van der Waals surface area contributed by atoms with Crippen molar-refractivity contribution in [3.8, 4) is 17.6 Å². The lowest BCUT2D eigenvalue weighted by Crippen LogP contribution is -2.25. The molecule has 1 unspecified atom stereocenters. The summed E-state index contributed by atoms with van der Waals surface area (Å²) in [4.78, 5) is 12.9. The smallest absolute Gasteiger partial charge is 0.333 e. The Bertz CT molecular complexity index is 878. The maximum Gasteiger partial charge on any atom is 0.333 e. The Labute approximate surface area is 176 Å². The third-order valence-corrected chi connectivity index (χ3v) is 4.27. The standard InChI is InChI=1S/C23H27FN2O4/c1-4-7-12-30-23(27)22(26-17-10-8-16(15-25)9-11-17)19-13-18(28-5-2)14-20(21(19)24)29-6-3/h8-11,13-14,22,26H,4-7,12H2,1-3H3. The van der Waals surface area contributed by atoms with Gasteiger partial charge in [0.2, 0.25) is 0 Å². The number of nitriles is 1. The lowest BCUT2D eigenvalue weighted by Gasteiger charge is -2.22. The fourth-order valence-corrected chi connectivity index (χ4v) is 2.79. The summed E-state index contributed by atoms with van der Waals surface area (Å²) in [6, 6.07) is 10.4. The van der Waals surface area contributed by atoms with Gasteiger partial charge in [0.1, 0.15) is 5.75 Å². The van der Waals surface area contributed by atoms with Crippen molar-refractivity contribution in [1.29, 1.82) is 5.26 Å². The number of esters is 1. The number of unbranched alkanes of at least 4 members (excludes halogenated alkanes) is 1. The predicted octanol–water partition coefficient (Wildman–Crippen LogP) is 4.99. The first-order valence-corrected chi connectivity index (χ1v) is 10.1. The average molecular weight is 414 g/mol. The maximum atomic E-state index is 15.2. The highest BCUT2D eigenvalue weighted by Crippen LogP contribution is 2.33. The van der Waals surface area contributed by atoms with E-state index in [-0.39, 0.29) is 24.5 Å². The van der Waals surface area contributed by atoms with Crippen molar-refractivity contribution in [2.45, 2.75) is 39.7 Å². The van der Waals surface area contributed by atoms with Crippen molar-refractivity contribution < 1.29 is 23.4 Å². The van der Waals surface area contributed by atoms with Crippen LogP contribution in [0.5, 0.6) is 11.5 Å². The SMILES string of the molecule is CCCCOC(=O)C(Nc1ccc(C#N)cc1)c1cc(OCC)cc(OCC)c1F. The number of hydrogen-bond donors (Lipinski definition) is 1. The van der Waals surface area contributed by atoms with E-state index in [1.165, 1.54) is 12.1 Å². The van der Waals surface area contributed by atoms with Crippen LogP contribution in [-0.2, 0) is 9.53 Å². The summed E-state index contributed by atoms with van der Waals surface area (Å²) in [6.07, 6.45) is 1.57. The number of ether oxygens (including phenoxy) is 3. The molecule has 0 aromatic heterocycles. The molecule has 0 aliphatic carbocycles. The van der Waals surface area contributed by atoms with Gasteiger partial charge >= 0.3 is 5.97 Å². The summed E-state index contributed by atoms with van der Waals surface area (Å²) in [7, 11) is 0. The average Bonchev–Trinajstić information content (AvgIpc) is 2.75. The number of carbonyl (C=O) groups excluding carboxylic acids is 1. The third kappa shape index (κ3) is 6.11. The summed E-state index contributed by atoms with van der Waals surface area (Å²) in [5, 5.41) is 12.0. The van der Waals surface area contributed by atoms with E-state index in [2.05, 4.69) is 5.32 Å². The Balaban J connectivity index is 2.45. The lowest BCUT2D eigenvalue weighted by molar-refractivity contribution is -0.144. The molecular formula is C23H27FN2O4. The molecule has 0 saturated heterocycles. The molecule has 30 heavy (non-hydrogen) atoms. The summed E-state index contributed by atoms with van der Waals surface area (Å²) in [6.45, 7) is 6.44. The van der Waals surface area contributed by atoms with Crippen LogP contribution in [0.3, 0.4) is 0 Å². The first-order chi connectivity index (χ1) is 14.5. The molecule has 0 heterocycles. The quantitative estimate of drug-likeness (QED) is 0.412. The van der Waals surface area contributed by atoms with E-state index in [1.807, 2.05) is 19.9 Å². The number of anilines is 1. The Kier molecular flexibility index (Phi) is 8.95. The normalized spacial score (nSPS) is 11.3. The van der Waals surface area contributed by atoms with Gasteiger partial charge in [-0.2, -0.15) is 5.26 Å². The minimum absolute atomic E-state index is 0.00596. The highest BCUT2D eigenvalue weighted by Gasteiger charge is 2.28. The topological polar surface area (TPSA) is 80.6 Å². The Morgan fingerprint density at radius 2 is 1.83 bits per heavy atom. The van der Waals surface area contributed by atoms with Crippen molar-refractivity contribution in [2.24, 2.45) is 0 Å². The van der Waals surface area contributed by atoms with Crippen LogP contribution >= 0.6 is 0 Å². The number of carbonyl (C=O) groups is 1. The van der Waals surface area contributed by atoms with Gasteiger partial charge in [0.15, 0.2) is 17.6 Å². The minimum Gasteiger partial charge on any atom is -0.494 e. The van der Waals surface area contributed by atoms with E-state index >= 15 is 4.39 Å². The van der Waals surface area contributed by atoms with Crippen LogP contribution in [0.4, 0.5) is 10.1 Å². The molecule has 160 valence electrons. The van der Waals surface area contributed by atoms with Gasteiger partial charge in [-0.3, -0.25) is 0 Å². The molecule has 1 N–H and O–H groups in total. The van der Waals surface area contributed by atoms with E-state index in [0.29, 0.717) is 30.0 Å². The molecule has 2 aromatic rings. The second kappa shape index (κ2) is 11.7. The van der Waals surface area contributed by atoms with Gasteiger partial charge < -0.3 is 19.5 Å². The number of nitrogens with zero attached hydrogens (tertiary/aromatic N) is 1. The van der Waals surface area contributed by atoms with Crippen molar-refractivity contribution in [1.82, 2.24) is 0 Å². The number of hydrogen-bond acceptors (Lipinski definition) is 6. The molecule has 0 fully saturated rings. The van der Waals surface area contributed by atoms with E-state index in [1.54, 1.807) is 31.2 Å². The zero-order valence-corrected chi connectivity index (χ0v) is 17.5. The van der Waals surface area contributed by atoms with Gasteiger partial charge in [-0.15, -0.1) is 0 Å².